The maximum absolute atomic E-state index is 9.33. The van der Waals surface area contributed by atoms with Crippen molar-refractivity contribution in [3.63, 3.8) is 0 Å². The summed E-state index contributed by atoms with van der Waals surface area (Å²) in [5, 5.41) is 13.1. The summed E-state index contributed by atoms with van der Waals surface area (Å²) in [5.74, 6) is 0.934. The molecular formula is C31H37ClN2O3. The summed E-state index contributed by atoms with van der Waals surface area (Å²) in [6.45, 7) is 5.17. The van der Waals surface area contributed by atoms with Crippen LogP contribution < -0.4 is 10.1 Å². The fourth-order valence-corrected chi connectivity index (χ4v) is 5.13. The first-order valence-corrected chi connectivity index (χ1v) is 13.9. The lowest BCUT2D eigenvalue weighted by atomic mass is 9.96. The van der Waals surface area contributed by atoms with E-state index >= 15 is 0 Å². The number of aliphatic hydroxyl groups excluding tert-OH is 1. The fraction of sp³-hybridized carbons (Fsp3) is 0.452. The van der Waals surface area contributed by atoms with Gasteiger partial charge in [0.2, 0.25) is 0 Å². The molecular weight excluding hydrogens is 484 g/mol. The maximum atomic E-state index is 9.33. The molecule has 2 aromatic carbocycles. The summed E-state index contributed by atoms with van der Waals surface area (Å²) < 4.78 is 12.8. The number of aliphatic hydroxyl groups is 1. The van der Waals surface area contributed by atoms with Crippen LogP contribution in [0, 0.1) is 6.92 Å². The molecule has 0 saturated heterocycles. The summed E-state index contributed by atoms with van der Waals surface area (Å²) >= 11 is 6.73. The molecule has 1 unspecified atom stereocenters. The number of hydrogen-bond acceptors (Lipinski definition) is 5. The minimum Gasteiger partial charge on any atom is -0.490 e. The highest BCUT2D eigenvalue weighted by Gasteiger charge is 2.47. The predicted octanol–water partition coefficient (Wildman–Crippen LogP) is 6.71. The molecule has 0 radical (unpaired) electrons. The molecule has 5 rings (SSSR count). The monoisotopic (exact) mass is 520 g/mol. The molecule has 0 amide bonds. The van der Waals surface area contributed by atoms with Gasteiger partial charge in [0.15, 0.2) is 0 Å². The van der Waals surface area contributed by atoms with Gasteiger partial charge in [0.25, 0.3) is 0 Å². The van der Waals surface area contributed by atoms with Gasteiger partial charge in [-0.1, -0.05) is 35.9 Å². The van der Waals surface area contributed by atoms with Gasteiger partial charge in [-0.2, -0.15) is 0 Å². The third-order valence-corrected chi connectivity index (χ3v) is 7.68. The van der Waals surface area contributed by atoms with E-state index < -0.39 is 6.23 Å². The molecule has 2 aliphatic carbocycles. The summed E-state index contributed by atoms with van der Waals surface area (Å²) in [4.78, 5) is 4.46. The molecule has 6 heteroatoms. The number of benzene rings is 2. The van der Waals surface area contributed by atoms with Crippen molar-refractivity contribution >= 4 is 11.6 Å². The third kappa shape index (κ3) is 6.53. The zero-order valence-corrected chi connectivity index (χ0v) is 22.6. The normalized spacial score (nSPS) is 17.0. The van der Waals surface area contributed by atoms with E-state index in [9.17, 15) is 5.11 Å². The molecule has 2 saturated carbocycles. The minimum absolute atomic E-state index is 0.340. The number of nitrogens with zero attached hydrogens (tertiary/aromatic N) is 1. The number of rotatable bonds is 13. The zero-order valence-electron chi connectivity index (χ0n) is 21.8. The Bertz CT molecular complexity index is 1220. The first kappa shape index (κ1) is 26.2. The van der Waals surface area contributed by atoms with Gasteiger partial charge >= 0.3 is 0 Å². The van der Waals surface area contributed by atoms with E-state index in [1.165, 1.54) is 11.1 Å². The second-order valence-electron chi connectivity index (χ2n) is 10.5. The van der Waals surface area contributed by atoms with Gasteiger partial charge in [0.05, 0.1) is 18.3 Å². The van der Waals surface area contributed by atoms with E-state index in [0.29, 0.717) is 12.7 Å². The number of para-hydroxylation sites is 1. The molecule has 2 N–H and O–H groups in total. The molecule has 1 heterocycles. The zero-order chi connectivity index (χ0) is 25.8. The van der Waals surface area contributed by atoms with Crippen LogP contribution >= 0.6 is 11.6 Å². The number of hydrogen-bond donors (Lipinski definition) is 2. The first-order valence-electron chi connectivity index (χ1n) is 13.5. The van der Waals surface area contributed by atoms with E-state index in [4.69, 9.17) is 21.1 Å². The highest BCUT2D eigenvalue weighted by molar-refractivity contribution is 6.31. The average Bonchev–Trinajstić information content (AvgIpc) is 3.82. The van der Waals surface area contributed by atoms with Gasteiger partial charge in [-0.3, -0.25) is 10.3 Å². The van der Waals surface area contributed by atoms with Crippen LogP contribution in [0.1, 0.15) is 67.7 Å². The molecule has 2 fully saturated rings. The lowest BCUT2D eigenvalue weighted by molar-refractivity contribution is 0.0173. The Labute approximate surface area is 225 Å². The highest BCUT2D eigenvalue weighted by atomic mass is 35.5. The van der Waals surface area contributed by atoms with Crippen LogP contribution in [0.5, 0.6) is 5.75 Å². The van der Waals surface area contributed by atoms with Crippen molar-refractivity contribution < 1.29 is 14.6 Å². The molecule has 196 valence electrons. The van der Waals surface area contributed by atoms with Crippen molar-refractivity contribution in [2.45, 2.75) is 83.3 Å². The molecule has 0 spiro atoms. The largest absolute Gasteiger partial charge is 0.490 e. The average molecular weight is 521 g/mol. The molecule has 0 bridgehead atoms. The Morgan fingerprint density at radius 2 is 1.92 bits per heavy atom. The summed E-state index contributed by atoms with van der Waals surface area (Å²) in [7, 11) is 0. The minimum atomic E-state index is -0.459. The Kier molecular flexibility index (Phi) is 8.15. The maximum Gasteiger partial charge on any atom is 0.127 e. The Morgan fingerprint density at radius 1 is 1.11 bits per heavy atom. The highest BCUT2D eigenvalue weighted by Crippen LogP contribution is 2.53. The SMILES string of the molecule is Cc1cc(COC2(c3cnccc3-c3ccccc3OC3CC3)CC2)c(Cl)cc1CCCCNC(C)O. The van der Waals surface area contributed by atoms with E-state index in [1.807, 2.05) is 18.5 Å². The van der Waals surface area contributed by atoms with Crippen molar-refractivity contribution in [2.24, 2.45) is 0 Å². The molecule has 1 atom stereocenters. The third-order valence-electron chi connectivity index (χ3n) is 7.33. The van der Waals surface area contributed by atoms with E-state index in [2.05, 4.69) is 53.6 Å². The number of nitrogens with one attached hydrogen (secondary N) is 1. The van der Waals surface area contributed by atoms with Crippen molar-refractivity contribution in [3.8, 4) is 16.9 Å². The van der Waals surface area contributed by atoms with Crippen molar-refractivity contribution in [2.75, 3.05) is 6.54 Å². The van der Waals surface area contributed by atoms with Crippen molar-refractivity contribution in [3.05, 3.63) is 82.1 Å². The lowest BCUT2D eigenvalue weighted by Crippen LogP contribution is -2.26. The number of pyridine rings is 1. The van der Waals surface area contributed by atoms with Crippen molar-refractivity contribution in [1.82, 2.24) is 10.3 Å². The molecule has 5 nitrogen and oxygen atoms in total. The van der Waals surface area contributed by atoms with Crippen LogP contribution in [0.2, 0.25) is 5.02 Å². The Hall–Kier alpha value is -2.44. The number of aryl methyl sites for hydroxylation is 2. The standard InChI is InChI=1S/C31H37ClN2O3/c1-21-17-24(29(32)18-23(21)7-5-6-15-34-22(2)35)20-36-31(13-14-31)28-19-33-16-12-26(28)27-8-3-4-9-30(27)37-25-10-11-25/h3-4,8-9,12,16-19,22,25,34-35H,5-7,10-11,13-15,20H2,1-2H3. The smallest absolute Gasteiger partial charge is 0.127 e. The molecule has 37 heavy (non-hydrogen) atoms. The number of halogens is 1. The van der Waals surface area contributed by atoms with E-state index in [0.717, 1.165) is 84.5 Å². The van der Waals surface area contributed by atoms with Crippen LogP contribution in [-0.2, 0) is 23.4 Å². The van der Waals surface area contributed by atoms with Gasteiger partial charge in [-0.15, -0.1) is 0 Å². The Balaban J connectivity index is 1.28. The van der Waals surface area contributed by atoms with E-state index in [1.54, 1.807) is 6.92 Å². The predicted molar refractivity (Wildman–Crippen MR) is 148 cm³/mol. The van der Waals surface area contributed by atoms with Crippen LogP contribution in [0.4, 0.5) is 0 Å². The van der Waals surface area contributed by atoms with Gasteiger partial charge in [-0.05, 0) is 106 Å². The summed E-state index contributed by atoms with van der Waals surface area (Å²) in [6.07, 6.45) is 10.9. The number of unbranched alkanes of at least 4 members (excludes halogenated alkanes) is 1. The molecule has 3 aromatic rings. The quantitative estimate of drug-likeness (QED) is 0.194. The van der Waals surface area contributed by atoms with Crippen LogP contribution in [0.15, 0.2) is 54.9 Å². The van der Waals surface area contributed by atoms with Crippen LogP contribution in [0.25, 0.3) is 11.1 Å². The topological polar surface area (TPSA) is 63.6 Å². The second-order valence-corrected chi connectivity index (χ2v) is 10.9. The second kappa shape index (κ2) is 11.5. The fourth-order valence-electron chi connectivity index (χ4n) is 4.88. The van der Waals surface area contributed by atoms with Gasteiger partial charge in [0, 0.05) is 28.5 Å². The molecule has 1 aromatic heterocycles. The van der Waals surface area contributed by atoms with Gasteiger partial charge < -0.3 is 14.6 Å². The summed E-state index contributed by atoms with van der Waals surface area (Å²) in [6, 6.07) is 14.6. The van der Waals surface area contributed by atoms with Gasteiger partial charge in [0.1, 0.15) is 12.0 Å². The summed E-state index contributed by atoms with van der Waals surface area (Å²) in [5.41, 5.74) is 6.54. The number of aromatic nitrogens is 1. The lowest BCUT2D eigenvalue weighted by Gasteiger charge is -2.22. The molecule has 0 aliphatic heterocycles. The first-order chi connectivity index (χ1) is 17.9. The Morgan fingerprint density at radius 3 is 2.68 bits per heavy atom. The van der Waals surface area contributed by atoms with Crippen LogP contribution in [-0.4, -0.2) is 29.0 Å². The van der Waals surface area contributed by atoms with Gasteiger partial charge in [-0.25, -0.2) is 0 Å². The number of ether oxygens (including phenoxy) is 2. The van der Waals surface area contributed by atoms with Crippen molar-refractivity contribution in [1.29, 1.82) is 0 Å². The van der Waals surface area contributed by atoms with Crippen LogP contribution in [0.3, 0.4) is 0 Å². The molecule has 2 aliphatic rings. The van der Waals surface area contributed by atoms with E-state index in [-0.39, 0.29) is 5.60 Å².